The molecule has 0 radical (unpaired) electrons. The summed E-state index contributed by atoms with van der Waals surface area (Å²) >= 11 is 3.51. The van der Waals surface area contributed by atoms with Crippen LogP contribution in [0.2, 0.25) is 0 Å². The van der Waals surface area contributed by atoms with Crippen LogP contribution < -0.4 is 10.5 Å². The molecule has 3 N–H and O–H groups in total. The van der Waals surface area contributed by atoms with Crippen LogP contribution >= 0.6 is 15.9 Å². The fourth-order valence-electron chi connectivity index (χ4n) is 5.62. The molecular formula is C32H31BrN6O4. The molecule has 43 heavy (non-hydrogen) atoms. The summed E-state index contributed by atoms with van der Waals surface area (Å²) in [6, 6.07) is 20.3. The zero-order valence-corrected chi connectivity index (χ0v) is 25.1. The predicted octanol–water partition coefficient (Wildman–Crippen LogP) is 4.22. The third kappa shape index (κ3) is 5.35. The number of aromatic amines is 1. The van der Waals surface area contributed by atoms with Gasteiger partial charge in [0, 0.05) is 41.7 Å². The number of rotatable bonds is 10. The van der Waals surface area contributed by atoms with Gasteiger partial charge in [-0.3, -0.25) is 19.4 Å². The van der Waals surface area contributed by atoms with Gasteiger partial charge in [0.15, 0.2) is 5.60 Å². The third-order valence-corrected chi connectivity index (χ3v) is 8.39. The standard InChI is InChI=1S/C32H31BrN6O4/c1-21(7-4-5-15-37-20-24(14-16-40)34-36-37)32(43)27-18-23(33)12-13-29(27)38(31(32)42)19-22-8-6-9-25(17-22)39-30(41)26-10-2-3-11-28(26)35-39/h2-4,6-13,17-18,20-21,35,40,43H,5,14-16,19H2,1H3/b7-4+/t21-,32+/m0/s1. The van der Waals surface area contributed by atoms with Crippen LogP contribution in [0.25, 0.3) is 16.6 Å². The molecule has 2 aromatic heterocycles. The molecule has 0 fully saturated rings. The topological polar surface area (TPSA) is 129 Å². The van der Waals surface area contributed by atoms with Gasteiger partial charge in [-0.05, 0) is 54.4 Å². The Morgan fingerprint density at radius 3 is 2.74 bits per heavy atom. The number of hydrogen-bond donors (Lipinski definition) is 3. The molecule has 0 saturated heterocycles. The van der Waals surface area contributed by atoms with Gasteiger partial charge < -0.3 is 15.1 Å². The molecule has 0 bridgehead atoms. The number of aliphatic hydroxyl groups is 2. The van der Waals surface area contributed by atoms with Crippen LogP contribution in [-0.4, -0.2) is 47.5 Å². The lowest BCUT2D eigenvalue weighted by Gasteiger charge is -2.28. The fourth-order valence-corrected chi connectivity index (χ4v) is 5.98. The van der Waals surface area contributed by atoms with Crippen molar-refractivity contribution in [2.24, 2.45) is 5.92 Å². The molecule has 220 valence electrons. The van der Waals surface area contributed by atoms with Crippen LogP contribution in [0.4, 0.5) is 5.69 Å². The Morgan fingerprint density at radius 1 is 1.09 bits per heavy atom. The van der Waals surface area contributed by atoms with Crippen molar-refractivity contribution in [3.05, 3.63) is 117 Å². The quantitative estimate of drug-likeness (QED) is 0.196. The maximum Gasteiger partial charge on any atom is 0.279 e. The Kier molecular flexibility index (Phi) is 7.87. The Hall–Kier alpha value is -4.32. The Morgan fingerprint density at radius 2 is 1.93 bits per heavy atom. The minimum absolute atomic E-state index is 0.0207. The average molecular weight is 644 g/mol. The lowest BCUT2D eigenvalue weighted by Crippen LogP contribution is -2.44. The number of nitrogens with one attached hydrogen (secondary N) is 1. The molecule has 0 aliphatic carbocycles. The molecule has 10 nitrogen and oxygen atoms in total. The van der Waals surface area contributed by atoms with Gasteiger partial charge in [-0.1, -0.05) is 64.5 Å². The normalized spacial score (nSPS) is 17.3. The number of halogens is 1. The number of nitrogens with zero attached hydrogens (tertiary/aromatic N) is 5. The summed E-state index contributed by atoms with van der Waals surface area (Å²) in [5.41, 5.74) is 2.21. The molecule has 3 heterocycles. The second kappa shape index (κ2) is 11.8. The molecule has 6 rings (SSSR count). The largest absolute Gasteiger partial charge is 0.396 e. The molecule has 5 aromatic rings. The molecule has 1 aliphatic rings. The first-order valence-electron chi connectivity index (χ1n) is 14.1. The van der Waals surface area contributed by atoms with Gasteiger partial charge >= 0.3 is 0 Å². The van der Waals surface area contributed by atoms with E-state index >= 15 is 0 Å². The van der Waals surface area contributed by atoms with E-state index in [0.29, 0.717) is 41.7 Å². The van der Waals surface area contributed by atoms with Crippen molar-refractivity contribution in [1.82, 2.24) is 24.8 Å². The SMILES string of the molecule is C[C@@H](/C=C/CCn1cc(CCO)nn1)[C@]1(O)C(=O)N(Cc2cccc(-n3[nH]c4ccccc4c3=O)c2)c2ccc(Br)cc21. The number of aliphatic hydroxyl groups excluding tert-OH is 1. The number of fused-ring (bicyclic) bond motifs is 2. The zero-order chi connectivity index (χ0) is 30.1. The van der Waals surface area contributed by atoms with E-state index in [1.165, 1.54) is 4.68 Å². The number of benzene rings is 3. The number of aromatic nitrogens is 5. The lowest BCUT2D eigenvalue weighted by molar-refractivity contribution is -0.139. The third-order valence-electron chi connectivity index (χ3n) is 7.90. The minimum Gasteiger partial charge on any atom is -0.396 e. The van der Waals surface area contributed by atoms with Crippen LogP contribution in [0.3, 0.4) is 0 Å². The summed E-state index contributed by atoms with van der Waals surface area (Å²) in [6.07, 6.45) is 6.69. The second-order valence-corrected chi connectivity index (χ2v) is 11.7. The molecule has 11 heteroatoms. The summed E-state index contributed by atoms with van der Waals surface area (Å²) in [5, 5.41) is 32.9. The highest BCUT2D eigenvalue weighted by Crippen LogP contribution is 2.46. The van der Waals surface area contributed by atoms with Crippen molar-refractivity contribution in [3.8, 4) is 5.69 Å². The van der Waals surface area contributed by atoms with E-state index in [9.17, 15) is 14.7 Å². The van der Waals surface area contributed by atoms with Gasteiger partial charge in [-0.25, -0.2) is 4.68 Å². The first-order valence-corrected chi connectivity index (χ1v) is 14.9. The number of amides is 1. The van der Waals surface area contributed by atoms with E-state index in [4.69, 9.17) is 5.11 Å². The van der Waals surface area contributed by atoms with Crippen LogP contribution in [0.15, 0.2) is 94.3 Å². The number of carbonyl (C=O) groups excluding carboxylic acids is 1. The highest BCUT2D eigenvalue weighted by atomic mass is 79.9. The summed E-state index contributed by atoms with van der Waals surface area (Å²) < 4.78 is 3.98. The van der Waals surface area contributed by atoms with Crippen molar-refractivity contribution < 1.29 is 15.0 Å². The van der Waals surface area contributed by atoms with Gasteiger partial charge in [0.2, 0.25) is 0 Å². The van der Waals surface area contributed by atoms with Crippen LogP contribution in [0.1, 0.15) is 30.2 Å². The average Bonchev–Trinajstić information content (AvgIpc) is 3.66. The van der Waals surface area contributed by atoms with Gasteiger partial charge in [-0.2, -0.15) is 0 Å². The maximum absolute atomic E-state index is 14.0. The number of aryl methyl sites for hydroxylation is 1. The summed E-state index contributed by atoms with van der Waals surface area (Å²) in [7, 11) is 0. The molecular weight excluding hydrogens is 612 g/mol. The smallest absolute Gasteiger partial charge is 0.279 e. The van der Waals surface area contributed by atoms with Crippen molar-refractivity contribution in [3.63, 3.8) is 0 Å². The number of hydrogen-bond acceptors (Lipinski definition) is 6. The second-order valence-electron chi connectivity index (χ2n) is 10.7. The Balaban J connectivity index is 1.24. The molecule has 0 unspecified atom stereocenters. The number of allylic oxidation sites excluding steroid dienone is 1. The summed E-state index contributed by atoms with van der Waals surface area (Å²) in [5.74, 6) is -0.925. The van der Waals surface area contributed by atoms with Gasteiger partial charge in [-0.15, -0.1) is 5.10 Å². The zero-order valence-electron chi connectivity index (χ0n) is 23.5. The lowest BCUT2D eigenvalue weighted by atomic mass is 9.83. The Bertz CT molecular complexity index is 1890. The van der Waals surface area contributed by atoms with Gasteiger partial charge in [0.25, 0.3) is 11.5 Å². The van der Waals surface area contributed by atoms with E-state index in [-0.39, 0.29) is 18.7 Å². The number of anilines is 1. The molecule has 3 aromatic carbocycles. The maximum atomic E-state index is 14.0. The molecule has 0 spiro atoms. The fraction of sp³-hybridized carbons (Fsp3) is 0.250. The summed E-state index contributed by atoms with van der Waals surface area (Å²) in [6.45, 7) is 2.66. The number of para-hydroxylation sites is 1. The molecule has 1 amide bonds. The highest BCUT2D eigenvalue weighted by molar-refractivity contribution is 9.10. The van der Waals surface area contributed by atoms with Crippen LogP contribution in [0.5, 0.6) is 0 Å². The monoisotopic (exact) mass is 642 g/mol. The van der Waals surface area contributed by atoms with Crippen molar-refractivity contribution >= 4 is 38.4 Å². The Labute approximate surface area is 256 Å². The first-order chi connectivity index (χ1) is 20.8. The van der Waals surface area contributed by atoms with E-state index in [1.54, 1.807) is 27.9 Å². The molecule has 1 aliphatic heterocycles. The predicted molar refractivity (Wildman–Crippen MR) is 167 cm³/mol. The van der Waals surface area contributed by atoms with Gasteiger partial charge in [0.1, 0.15) is 0 Å². The first kappa shape index (κ1) is 28.8. The van der Waals surface area contributed by atoms with E-state index in [0.717, 1.165) is 21.2 Å². The van der Waals surface area contributed by atoms with Crippen LogP contribution in [0, 0.1) is 5.92 Å². The van der Waals surface area contributed by atoms with Gasteiger partial charge in [0.05, 0.1) is 34.5 Å². The van der Waals surface area contributed by atoms with Crippen molar-refractivity contribution in [2.75, 3.05) is 11.5 Å². The van der Waals surface area contributed by atoms with E-state index in [2.05, 4.69) is 31.3 Å². The van der Waals surface area contributed by atoms with E-state index < -0.39 is 17.4 Å². The number of carbonyl (C=O) groups is 1. The molecule has 0 saturated carbocycles. The van der Waals surface area contributed by atoms with Crippen molar-refractivity contribution in [2.45, 2.75) is 38.5 Å². The minimum atomic E-state index is -1.76. The summed E-state index contributed by atoms with van der Waals surface area (Å²) in [4.78, 5) is 28.6. The number of H-pyrrole nitrogens is 1. The van der Waals surface area contributed by atoms with Crippen molar-refractivity contribution in [1.29, 1.82) is 0 Å². The van der Waals surface area contributed by atoms with Crippen LogP contribution in [-0.2, 0) is 29.9 Å². The van der Waals surface area contributed by atoms with E-state index in [1.807, 2.05) is 73.7 Å². The highest BCUT2D eigenvalue weighted by Gasteiger charge is 2.52. The molecule has 2 atom stereocenters.